The highest BCUT2D eigenvalue weighted by Crippen LogP contribution is 1.87. The Morgan fingerprint density at radius 1 is 0.929 bits per heavy atom. The van der Waals surface area contributed by atoms with Gasteiger partial charge in [-0.05, 0) is 10.7 Å². The second-order valence-electron chi connectivity index (χ2n) is 2.18. The summed E-state index contributed by atoms with van der Waals surface area (Å²) in [5.74, 6) is -0.850. The van der Waals surface area contributed by atoms with Crippen LogP contribution in [-0.2, 0) is 19.1 Å². The van der Waals surface area contributed by atoms with E-state index in [9.17, 15) is 9.59 Å². The highest BCUT2D eigenvalue weighted by molar-refractivity contribution is 7.79. The molecule has 0 spiro atoms. The van der Waals surface area contributed by atoms with E-state index in [0.717, 1.165) is 0 Å². The van der Waals surface area contributed by atoms with Crippen molar-refractivity contribution in [3.8, 4) is 0 Å². The lowest BCUT2D eigenvalue weighted by molar-refractivity contribution is -0.150. The minimum absolute atomic E-state index is 0.0468. The van der Waals surface area contributed by atoms with Crippen LogP contribution in [-0.4, -0.2) is 35.9 Å². The molecule has 0 saturated heterocycles. The third kappa shape index (κ3) is 7.75. The molecule has 0 aromatic carbocycles. The SMILES string of the molecule is O=C(CC=S)OCCOC(=O)CC=S. The first-order valence-electron chi connectivity index (χ1n) is 3.89. The van der Waals surface area contributed by atoms with E-state index in [-0.39, 0.29) is 26.1 Å². The fourth-order valence-corrected chi connectivity index (χ4v) is 0.837. The zero-order chi connectivity index (χ0) is 10.8. The third-order valence-electron chi connectivity index (χ3n) is 1.11. The van der Waals surface area contributed by atoms with E-state index in [1.54, 1.807) is 0 Å². The maximum atomic E-state index is 10.7. The predicted octanol–water partition coefficient (Wildman–Crippen LogP) is 0.852. The Kier molecular flexibility index (Phi) is 8.16. The van der Waals surface area contributed by atoms with Gasteiger partial charge < -0.3 is 9.47 Å². The molecule has 0 bridgehead atoms. The molecule has 0 saturated carbocycles. The van der Waals surface area contributed by atoms with Crippen LogP contribution in [0.5, 0.6) is 0 Å². The van der Waals surface area contributed by atoms with Crippen molar-refractivity contribution in [3.05, 3.63) is 0 Å². The van der Waals surface area contributed by atoms with Crippen molar-refractivity contribution >= 4 is 47.1 Å². The molecule has 0 aromatic heterocycles. The number of thiocarbonyl (C=S) groups is 2. The van der Waals surface area contributed by atoms with Crippen LogP contribution in [0.2, 0.25) is 0 Å². The van der Waals surface area contributed by atoms with Crippen LogP contribution in [0.1, 0.15) is 12.8 Å². The molecule has 0 heterocycles. The molecule has 0 aliphatic carbocycles. The van der Waals surface area contributed by atoms with Crippen LogP contribution >= 0.6 is 24.4 Å². The molecule has 0 atom stereocenters. The van der Waals surface area contributed by atoms with Crippen LogP contribution < -0.4 is 0 Å². The zero-order valence-electron chi connectivity index (χ0n) is 7.43. The lowest BCUT2D eigenvalue weighted by atomic mass is 10.5. The minimum Gasteiger partial charge on any atom is -0.462 e. The summed E-state index contributed by atoms with van der Waals surface area (Å²) >= 11 is 8.91. The van der Waals surface area contributed by atoms with Crippen LogP contribution in [0.4, 0.5) is 0 Å². The number of ether oxygens (including phenoxy) is 2. The maximum Gasteiger partial charge on any atom is 0.310 e. The summed E-state index contributed by atoms with van der Waals surface area (Å²) in [5.41, 5.74) is 0. The summed E-state index contributed by atoms with van der Waals surface area (Å²) in [6.07, 6.45) is 0.173. The topological polar surface area (TPSA) is 52.6 Å². The first kappa shape index (κ1) is 13.1. The van der Waals surface area contributed by atoms with E-state index >= 15 is 0 Å². The molecule has 6 heteroatoms. The summed E-state index contributed by atoms with van der Waals surface area (Å²) in [6.45, 7) is 0.0936. The fraction of sp³-hybridized carbons (Fsp3) is 0.500. The van der Waals surface area contributed by atoms with E-state index < -0.39 is 11.9 Å². The largest absolute Gasteiger partial charge is 0.462 e. The van der Waals surface area contributed by atoms with Gasteiger partial charge in [-0.15, -0.1) is 0 Å². The minimum atomic E-state index is -0.425. The van der Waals surface area contributed by atoms with Crippen LogP contribution in [0, 0.1) is 0 Å². The number of esters is 2. The van der Waals surface area contributed by atoms with E-state index in [4.69, 9.17) is 0 Å². The quantitative estimate of drug-likeness (QED) is 0.370. The first-order chi connectivity index (χ1) is 6.70. The smallest absolute Gasteiger partial charge is 0.310 e. The molecule has 4 nitrogen and oxygen atoms in total. The lowest BCUT2D eigenvalue weighted by Crippen LogP contribution is -2.13. The molecule has 0 radical (unpaired) electrons. The molecule has 0 unspecified atom stereocenters. The van der Waals surface area contributed by atoms with Gasteiger partial charge in [0.1, 0.15) is 13.2 Å². The Bertz CT molecular complexity index is 203. The Balaban J connectivity index is 3.36. The van der Waals surface area contributed by atoms with Gasteiger partial charge in [0.2, 0.25) is 0 Å². The van der Waals surface area contributed by atoms with Gasteiger partial charge in [-0.2, -0.15) is 0 Å². The number of carbonyl (C=O) groups is 2. The highest BCUT2D eigenvalue weighted by Gasteiger charge is 2.02. The molecular formula is C8H10O4S2. The second-order valence-corrected chi connectivity index (χ2v) is 2.85. The van der Waals surface area contributed by atoms with Crippen LogP contribution in [0.25, 0.3) is 0 Å². The molecule has 0 N–H and O–H groups in total. The summed E-state index contributed by atoms with van der Waals surface area (Å²) < 4.78 is 9.32. The molecular weight excluding hydrogens is 224 g/mol. The van der Waals surface area contributed by atoms with Crippen molar-refractivity contribution in [2.24, 2.45) is 0 Å². The van der Waals surface area contributed by atoms with Crippen LogP contribution in [0.15, 0.2) is 0 Å². The average molecular weight is 234 g/mol. The normalized spacial score (nSPS) is 8.86. The van der Waals surface area contributed by atoms with Gasteiger partial charge in [-0.3, -0.25) is 9.59 Å². The van der Waals surface area contributed by atoms with Crippen LogP contribution in [0.3, 0.4) is 0 Å². The molecule has 0 amide bonds. The van der Waals surface area contributed by atoms with Crippen molar-refractivity contribution in [3.63, 3.8) is 0 Å². The monoisotopic (exact) mass is 234 g/mol. The Morgan fingerprint density at radius 3 is 1.57 bits per heavy atom. The number of hydrogen-bond donors (Lipinski definition) is 0. The molecule has 0 rings (SSSR count). The molecule has 78 valence electrons. The third-order valence-corrected chi connectivity index (χ3v) is 1.44. The fourth-order valence-electron chi connectivity index (χ4n) is 0.565. The maximum absolute atomic E-state index is 10.7. The Hall–Kier alpha value is -0.880. The highest BCUT2D eigenvalue weighted by atomic mass is 32.1. The average Bonchev–Trinajstić information content (AvgIpc) is 2.13. The van der Waals surface area contributed by atoms with Crippen molar-refractivity contribution in [2.45, 2.75) is 12.8 Å². The van der Waals surface area contributed by atoms with E-state index in [2.05, 4.69) is 33.9 Å². The number of carbonyl (C=O) groups excluding carboxylic acids is 2. The van der Waals surface area contributed by atoms with Gasteiger partial charge in [0, 0.05) is 0 Å². The van der Waals surface area contributed by atoms with Crippen molar-refractivity contribution < 1.29 is 19.1 Å². The van der Waals surface area contributed by atoms with Crippen molar-refractivity contribution in [2.75, 3.05) is 13.2 Å². The molecule has 0 aromatic rings. The summed E-state index contributed by atoms with van der Waals surface area (Å²) in [4.78, 5) is 21.5. The molecule has 0 aliphatic heterocycles. The Morgan fingerprint density at radius 2 is 1.29 bits per heavy atom. The van der Waals surface area contributed by atoms with Gasteiger partial charge >= 0.3 is 11.9 Å². The standard InChI is InChI=1S/C8H10O4S2/c9-7(1-5-13)11-3-4-12-8(10)2-6-14/h5-6H,1-4H2. The van der Waals surface area contributed by atoms with Crippen molar-refractivity contribution in [1.29, 1.82) is 0 Å². The molecule has 0 aliphatic rings. The van der Waals surface area contributed by atoms with Gasteiger partial charge in [0.25, 0.3) is 0 Å². The lowest BCUT2D eigenvalue weighted by Gasteiger charge is -2.03. The predicted molar refractivity (Wildman–Crippen MR) is 58.5 cm³/mol. The molecule has 0 fully saturated rings. The summed E-state index contributed by atoms with van der Waals surface area (Å²) in [7, 11) is 0. The summed E-state index contributed by atoms with van der Waals surface area (Å²) in [6, 6.07) is 0. The van der Waals surface area contributed by atoms with Gasteiger partial charge in [0.15, 0.2) is 0 Å². The second kappa shape index (κ2) is 8.71. The van der Waals surface area contributed by atoms with Gasteiger partial charge in [-0.1, -0.05) is 24.4 Å². The number of hydrogen-bond acceptors (Lipinski definition) is 6. The van der Waals surface area contributed by atoms with E-state index in [1.165, 1.54) is 10.7 Å². The van der Waals surface area contributed by atoms with Crippen molar-refractivity contribution in [1.82, 2.24) is 0 Å². The number of rotatable bonds is 7. The first-order valence-corrected chi connectivity index (χ1v) is 4.83. The van der Waals surface area contributed by atoms with Gasteiger partial charge in [0.05, 0.1) is 12.8 Å². The Labute approximate surface area is 92.6 Å². The zero-order valence-corrected chi connectivity index (χ0v) is 9.07. The van der Waals surface area contributed by atoms with Gasteiger partial charge in [-0.25, -0.2) is 0 Å². The van der Waals surface area contributed by atoms with E-state index in [1.807, 2.05) is 0 Å². The summed E-state index contributed by atoms with van der Waals surface area (Å²) in [5, 5.41) is 2.56. The molecule has 14 heavy (non-hydrogen) atoms. The van der Waals surface area contributed by atoms with E-state index in [0.29, 0.717) is 0 Å².